The van der Waals surface area contributed by atoms with E-state index < -0.39 is 5.09 Å². The maximum absolute atomic E-state index is 10.3. The molecule has 1 aromatic carbocycles. The van der Waals surface area contributed by atoms with Gasteiger partial charge in [-0.2, -0.15) is 13.2 Å². The van der Waals surface area contributed by atoms with Gasteiger partial charge in [-0.05, 0) is 0 Å². The molecular weight excluding hydrogens is 264 g/mol. The Bertz CT molecular complexity index is 212. The Morgan fingerprint density at radius 3 is 1.43 bits per heavy atom. The van der Waals surface area contributed by atoms with Crippen molar-refractivity contribution in [2.24, 2.45) is 0 Å². The molecule has 0 amide bonds. The first-order chi connectivity index (χ1) is 5.39. The Balaban J connectivity index is -0.000000159. The van der Waals surface area contributed by atoms with E-state index in [0.29, 0.717) is 0 Å². The normalized spacial score (nSPS) is 8.57. The summed E-state index contributed by atoms with van der Waals surface area (Å²) in [5.74, 6) is 0. The fraction of sp³-hybridized carbons (Fsp3) is 0.143. The molecule has 0 heterocycles. The highest BCUT2D eigenvalue weighted by molar-refractivity contribution is 9.09. The van der Waals surface area contributed by atoms with Crippen LogP contribution in [0.1, 0.15) is 0 Å². The van der Waals surface area contributed by atoms with Gasteiger partial charge >= 0.3 is 5.09 Å². The van der Waals surface area contributed by atoms with E-state index in [1.54, 1.807) is 0 Å². The standard InChI is InChI=1S/C6H5B.CBrF3.2H2O/c7-6-4-2-1-3-5-6;2-1(3,4)5;;/h1-5H;;2*1H2. The van der Waals surface area contributed by atoms with E-state index in [2.05, 4.69) is 0 Å². The van der Waals surface area contributed by atoms with E-state index in [1.807, 2.05) is 30.3 Å². The molecule has 0 aliphatic heterocycles. The van der Waals surface area contributed by atoms with Crippen molar-refractivity contribution in [1.29, 1.82) is 0 Å². The first-order valence-corrected chi connectivity index (χ1v) is 3.75. The molecule has 4 N–H and O–H groups in total. The Morgan fingerprint density at radius 2 is 1.29 bits per heavy atom. The van der Waals surface area contributed by atoms with Crippen molar-refractivity contribution in [1.82, 2.24) is 0 Å². The highest BCUT2D eigenvalue weighted by atomic mass is 79.9. The molecular formula is C7H9BBrF3O2. The van der Waals surface area contributed by atoms with E-state index in [4.69, 9.17) is 7.85 Å². The van der Waals surface area contributed by atoms with Crippen molar-refractivity contribution in [2.45, 2.75) is 5.09 Å². The number of hydrogen-bond acceptors (Lipinski definition) is 0. The van der Waals surface area contributed by atoms with Gasteiger partial charge in [0.05, 0.1) is 0 Å². The molecule has 1 rings (SSSR count). The zero-order chi connectivity index (χ0) is 9.61. The fourth-order valence-electron chi connectivity index (χ4n) is 0.453. The highest BCUT2D eigenvalue weighted by Gasteiger charge is 2.19. The summed E-state index contributed by atoms with van der Waals surface area (Å²) >= 11 is 1.38. The minimum atomic E-state index is -4.19. The first-order valence-electron chi connectivity index (χ1n) is 2.96. The van der Waals surface area contributed by atoms with Crippen molar-refractivity contribution in [3.8, 4) is 0 Å². The summed E-state index contributed by atoms with van der Waals surface area (Å²) in [6, 6.07) is 9.49. The Labute approximate surface area is 89.3 Å². The molecule has 0 fully saturated rings. The monoisotopic (exact) mass is 272 g/mol. The summed E-state index contributed by atoms with van der Waals surface area (Å²) in [4.78, 5) is 0. The maximum atomic E-state index is 10.3. The van der Waals surface area contributed by atoms with Crippen LogP contribution in [0.2, 0.25) is 0 Å². The topological polar surface area (TPSA) is 63.0 Å². The average Bonchev–Trinajstić information content (AvgIpc) is 1.85. The molecule has 0 unspecified atom stereocenters. The lowest BCUT2D eigenvalue weighted by molar-refractivity contribution is -0.0245. The van der Waals surface area contributed by atoms with Gasteiger partial charge in [0.15, 0.2) is 0 Å². The molecule has 0 aliphatic carbocycles. The third-order valence-electron chi connectivity index (χ3n) is 0.800. The molecule has 7 heteroatoms. The predicted octanol–water partition coefficient (Wildman–Crippen LogP) is 0.732. The van der Waals surface area contributed by atoms with Crippen LogP contribution in [0, 0.1) is 0 Å². The molecule has 2 radical (unpaired) electrons. The van der Waals surface area contributed by atoms with Crippen molar-refractivity contribution in [3.05, 3.63) is 30.3 Å². The van der Waals surface area contributed by atoms with Gasteiger partial charge < -0.3 is 11.0 Å². The van der Waals surface area contributed by atoms with Crippen molar-refractivity contribution < 1.29 is 24.1 Å². The van der Waals surface area contributed by atoms with Crippen LogP contribution in [0.15, 0.2) is 30.3 Å². The van der Waals surface area contributed by atoms with Gasteiger partial charge in [0.25, 0.3) is 0 Å². The Hall–Kier alpha value is -0.525. The quantitative estimate of drug-likeness (QED) is 0.494. The lowest BCUT2D eigenvalue weighted by Crippen LogP contribution is -1.97. The Morgan fingerprint density at radius 1 is 1.00 bits per heavy atom. The predicted molar refractivity (Wildman–Crippen MR) is 54.0 cm³/mol. The van der Waals surface area contributed by atoms with Crippen LogP contribution >= 0.6 is 15.9 Å². The molecule has 2 nitrogen and oxygen atoms in total. The molecule has 80 valence electrons. The van der Waals surface area contributed by atoms with E-state index in [1.165, 1.54) is 15.9 Å². The van der Waals surface area contributed by atoms with Crippen LogP contribution in [-0.2, 0) is 0 Å². The Kier molecular flexibility index (Phi) is 12.3. The van der Waals surface area contributed by atoms with Crippen molar-refractivity contribution in [3.63, 3.8) is 0 Å². The van der Waals surface area contributed by atoms with E-state index in [9.17, 15) is 13.2 Å². The van der Waals surface area contributed by atoms with Crippen molar-refractivity contribution >= 4 is 29.2 Å². The second kappa shape index (κ2) is 9.05. The molecule has 0 saturated carbocycles. The third-order valence-corrected chi connectivity index (χ3v) is 0.800. The molecule has 0 atom stereocenters. The molecule has 14 heavy (non-hydrogen) atoms. The van der Waals surface area contributed by atoms with Crippen LogP contribution in [0.5, 0.6) is 0 Å². The van der Waals surface area contributed by atoms with Gasteiger partial charge in [-0.1, -0.05) is 35.8 Å². The zero-order valence-corrected chi connectivity index (χ0v) is 8.56. The summed E-state index contributed by atoms with van der Waals surface area (Å²) in [7, 11) is 5.36. The maximum Gasteiger partial charge on any atom is 0.448 e. The lowest BCUT2D eigenvalue weighted by Gasteiger charge is -1.85. The molecule has 0 spiro atoms. The van der Waals surface area contributed by atoms with Gasteiger partial charge in [0, 0.05) is 15.9 Å². The second-order valence-corrected chi connectivity index (χ2v) is 2.74. The SMILES string of the molecule is FC(F)(F)Br.O.O.[B]c1ccccc1. The minimum absolute atomic E-state index is 0. The molecule has 0 saturated heterocycles. The van der Waals surface area contributed by atoms with Crippen LogP contribution < -0.4 is 5.46 Å². The number of halogens is 4. The first kappa shape index (κ1) is 19.1. The van der Waals surface area contributed by atoms with E-state index in [-0.39, 0.29) is 11.0 Å². The summed E-state index contributed by atoms with van der Waals surface area (Å²) in [5.41, 5.74) is 0.822. The minimum Gasteiger partial charge on any atom is -0.412 e. The molecule has 0 bridgehead atoms. The molecule has 0 aliphatic rings. The van der Waals surface area contributed by atoms with Gasteiger partial charge in [0.1, 0.15) is 7.85 Å². The largest absolute Gasteiger partial charge is 0.448 e. The number of rotatable bonds is 0. The number of hydrogen-bond donors (Lipinski definition) is 0. The van der Waals surface area contributed by atoms with Gasteiger partial charge in [0.2, 0.25) is 0 Å². The number of benzene rings is 1. The summed E-state index contributed by atoms with van der Waals surface area (Å²) in [5, 5.41) is -4.19. The fourth-order valence-corrected chi connectivity index (χ4v) is 0.453. The van der Waals surface area contributed by atoms with E-state index in [0.717, 1.165) is 5.46 Å². The second-order valence-electron chi connectivity index (χ2n) is 1.84. The van der Waals surface area contributed by atoms with Gasteiger partial charge in [-0.25, -0.2) is 0 Å². The summed E-state index contributed by atoms with van der Waals surface area (Å²) in [6.45, 7) is 0. The molecule has 1 aromatic rings. The van der Waals surface area contributed by atoms with Crippen LogP contribution in [-0.4, -0.2) is 23.9 Å². The van der Waals surface area contributed by atoms with Crippen LogP contribution in [0.25, 0.3) is 0 Å². The zero-order valence-electron chi connectivity index (χ0n) is 6.98. The van der Waals surface area contributed by atoms with E-state index >= 15 is 0 Å². The highest BCUT2D eigenvalue weighted by Crippen LogP contribution is 2.21. The molecule has 0 aromatic heterocycles. The smallest absolute Gasteiger partial charge is 0.412 e. The summed E-state index contributed by atoms with van der Waals surface area (Å²) < 4.78 is 30.8. The summed E-state index contributed by atoms with van der Waals surface area (Å²) in [6.07, 6.45) is 0. The lowest BCUT2D eigenvalue weighted by atomic mass is 9.97. The van der Waals surface area contributed by atoms with Crippen molar-refractivity contribution in [2.75, 3.05) is 0 Å². The number of alkyl halides is 4. The third kappa shape index (κ3) is 22.5. The van der Waals surface area contributed by atoms with Crippen LogP contribution in [0.4, 0.5) is 13.2 Å². The average molecular weight is 273 g/mol. The van der Waals surface area contributed by atoms with Gasteiger partial charge in [-0.3, -0.25) is 0 Å². The van der Waals surface area contributed by atoms with Gasteiger partial charge in [-0.15, -0.1) is 0 Å². The van der Waals surface area contributed by atoms with Crippen LogP contribution in [0.3, 0.4) is 0 Å².